The fourth-order valence-corrected chi connectivity index (χ4v) is 2.55. The minimum Gasteiger partial charge on any atom is -0.379 e. The number of benzene rings is 1. The minimum atomic E-state index is -1.51. The lowest BCUT2D eigenvalue weighted by atomic mass is 10.0. The molecular weight excluding hydrogens is 270 g/mol. The van der Waals surface area contributed by atoms with Crippen molar-refractivity contribution in [1.82, 2.24) is 4.90 Å². The number of β-amino-alcohol motifs (C(OH)–C–C–N with tert-alkyl or cyclic N) is 1. The number of carbonyl (C=O) groups excluding carboxylic acids is 2. The average Bonchev–Trinajstić information content (AvgIpc) is 2.82. The second kappa shape index (κ2) is 6.24. The molecule has 1 fully saturated rings. The summed E-state index contributed by atoms with van der Waals surface area (Å²) in [6.07, 6.45) is 1.10. The second-order valence-corrected chi connectivity index (χ2v) is 5.42. The van der Waals surface area contributed by atoms with E-state index < -0.39 is 11.5 Å². The number of likely N-dealkylation sites (tertiary alicyclic amines) is 1. The van der Waals surface area contributed by atoms with E-state index in [4.69, 9.17) is 5.73 Å². The molecule has 0 bridgehead atoms. The standard InChI is InChI=1S/C15H21N3O3/c1-2-11-5-3-4-6-12(11)17-13(19)9-18-8-7-15(21,10-18)14(16)20/h3-6,21H,2,7-10H2,1H3,(H2,16,20)(H,17,19)/t15-/m0/s1. The van der Waals surface area contributed by atoms with E-state index in [9.17, 15) is 14.7 Å². The zero-order chi connectivity index (χ0) is 15.5. The second-order valence-electron chi connectivity index (χ2n) is 5.42. The van der Waals surface area contributed by atoms with Gasteiger partial charge in [-0.1, -0.05) is 25.1 Å². The van der Waals surface area contributed by atoms with Crippen molar-refractivity contribution in [2.45, 2.75) is 25.4 Å². The van der Waals surface area contributed by atoms with E-state index in [1.165, 1.54) is 0 Å². The number of rotatable bonds is 5. The summed E-state index contributed by atoms with van der Waals surface area (Å²) in [5.41, 5.74) is 5.53. The molecular formula is C15H21N3O3. The lowest BCUT2D eigenvalue weighted by Gasteiger charge is -2.19. The summed E-state index contributed by atoms with van der Waals surface area (Å²) in [5.74, 6) is -0.897. The Balaban J connectivity index is 1.93. The van der Waals surface area contributed by atoms with E-state index >= 15 is 0 Å². The molecule has 1 aromatic rings. The van der Waals surface area contributed by atoms with Crippen molar-refractivity contribution in [3.8, 4) is 0 Å². The zero-order valence-corrected chi connectivity index (χ0v) is 12.1. The highest BCUT2D eigenvalue weighted by Crippen LogP contribution is 2.21. The molecule has 0 unspecified atom stereocenters. The number of aliphatic hydroxyl groups is 1. The fraction of sp³-hybridized carbons (Fsp3) is 0.467. The van der Waals surface area contributed by atoms with Gasteiger partial charge in [-0.25, -0.2) is 0 Å². The van der Waals surface area contributed by atoms with Crippen LogP contribution in [0.25, 0.3) is 0 Å². The molecule has 1 saturated heterocycles. The van der Waals surface area contributed by atoms with Gasteiger partial charge >= 0.3 is 0 Å². The largest absolute Gasteiger partial charge is 0.379 e. The van der Waals surface area contributed by atoms with Gasteiger partial charge in [0.15, 0.2) is 5.60 Å². The van der Waals surface area contributed by atoms with Crippen LogP contribution < -0.4 is 11.1 Å². The van der Waals surface area contributed by atoms with Crippen LogP contribution in [0.15, 0.2) is 24.3 Å². The molecule has 1 aliphatic heterocycles. The van der Waals surface area contributed by atoms with E-state index in [1.807, 2.05) is 31.2 Å². The van der Waals surface area contributed by atoms with Crippen LogP contribution in [-0.2, 0) is 16.0 Å². The highest BCUT2D eigenvalue weighted by Gasteiger charge is 2.41. The lowest BCUT2D eigenvalue weighted by molar-refractivity contribution is -0.135. The van der Waals surface area contributed by atoms with E-state index in [0.717, 1.165) is 17.7 Å². The highest BCUT2D eigenvalue weighted by molar-refractivity contribution is 5.93. The third-order valence-corrected chi connectivity index (χ3v) is 3.83. The topological polar surface area (TPSA) is 95.7 Å². The van der Waals surface area contributed by atoms with Gasteiger partial charge in [0.1, 0.15) is 0 Å². The van der Waals surface area contributed by atoms with Crippen molar-refractivity contribution in [3.05, 3.63) is 29.8 Å². The molecule has 0 spiro atoms. The molecule has 114 valence electrons. The van der Waals surface area contributed by atoms with Crippen LogP contribution in [0.3, 0.4) is 0 Å². The summed E-state index contributed by atoms with van der Waals surface area (Å²) < 4.78 is 0. The van der Waals surface area contributed by atoms with E-state index in [-0.39, 0.29) is 25.4 Å². The molecule has 1 atom stereocenters. The van der Waals surface area contributed by atoms with E-state index in [2.05, 4.69) is 5.32 Å². The summed E-state index contributed by atoms with van der Waals surface area (Å²) >= 11 is 0. The Bertz CT molecular complexity index is 547. The number of primary amides is 1. The molecule has 1 heterocycles. The molecule has 1 aromatic carbocycles. The maximum atomic E-state index is 12.1. The third-order valence-electron chi connectivity index (χ3n) is 3.83. The number of carbonyl (C=O) groups is 2. The number of hydrogen-bond donors (Lipinski definition) is 3. The number of nitrogens with zero attached hydrogens (tertiary/aromatic N) is 1. The van der Waals surface area contributed by atoms with Crippen molar-refractivity contribution in [2.24, 2.45) is 5.73 Å². The summed E-state index contributed by atoms with van der Waals surface area (Å²) in [7, 11) is 0. The number of hydrogen-bond acceptors (Lipinski definition) is 4. The number of nitrogens with one attached hydrogen (secondary N) is 1. The third kappa shape index (κ3) is 3.59. The summed E-state index contributed by atoms with van der Waals surface area (Å²) in [5, 5.41) is 12.8. The lowest BCUT2D eigenvalue weighted by Crippen LogP contribution is -2.46. The highest BCUT2D eigenvalue weighted by atomic mass is 16.3. The number of nitrogens with two attached hydrogens (primary N) is 1. The normalized spacial score (nSPS) is 22.2. The molecule has 21 heavy (non-hydrogen) atoms. The molecule has 6 nitrogen and oxygen atoms in total. The predicted octanol–water partition coefficient (Wildman–Crippen LogP) is 0.110. The van der Waals surface area contributed by atoms with Gasteiger partial charge in [0.2, 0.25) is 5.91 Å². The van der Waals surface area contributed by atoms with Crippen LogP contribution in [0.5, 0.6) is 0 Å². The molecule has 0 saturated carbocycles. The predicted molar refractivity (Wildman–Crippen MR) is 79.7 cm³/mol. The van der Waals surface area contributed by atoms with Crippen LogP contribution in [0.4, 0.5) is 5.69 Å². The van der Waals surface area contributed by atoms with Crippen molar-refractivity contribution >= 4 is 17.5 Å². The number of para-hydroxylation sites is 1. The van der Waals surface area contributed by atoms with Crippen molar-refractivity contribution in [1.29, 1.82) is 0 Å². The Morgan fingerprint density at radius 3 is 2.76 bits per heavy atom. The Kier molecular flexibility index (Phi) is 4.59. The molecule has 0 aromatic heterocycles. The summed E-state index contributed by atoms with van der Waals surface area (Å²) in [6, 6.07) is 7.64. The van der Waals surface area contributed by atoms with Crippen LogP contribution in [0, 0.1) is 0 Å². The fourth-order valence-electron chi connectivity index (χ4n) is 2.55. The molecule has 4 N–H and O–H groups in total. The van der Waals surface area contributed by atoms with Gasteiger partial charge < -0.3 is 16.2 Å². The minimum absolute atomic E-state index is 0.102. The summed E-state index contributed by atoms with van der Waals surface area (Å²) in [6.45, 7) is 2.74. The van der Waals surface area contributed by atoms with Gasteiger partial charge in [-0.2, -0.15) is 0 Å². The quantitative estimate of drug-likeness (QED) is 0.717. The molecule has 6 heteroatoms. The maximum absolute atomic E-state index is 12.1. The average molecular weight is 291 g/mol. The first-order chi connectivity index (χ1) is 9.94. The van der Waals surface area contributed by atoms with Gasteiger partial charge in [-0.3, -0.25) is 14.5 Å². The number of amides is 2. The molecule has 1 aliphatic rings. The Morgan fingerprint density at radius 2 is 2.14 bits per heavy atom. The Hall–Kier alpha value is -1.92. The SMILES string of the molecule is CCc1ccccc1NC(=O)CN1CC[C@@](O)(C(N)=O)C1. The van der Waals surface area contributed by atoms with Crippen LogP contribution >= 0.6 is 0 Å². The smallest absolute Gasteiger partial charge is 0.250 e. The maximum Gasteiger partial charge on any atom is 0.250 e. The van der Waals surface area contributed by atoms with E-state index in [1.54, 1.807) is 4.90 Å². The van der Waals surface area contributed by atoms with Gasteiger partial charge in [0.25, 0.3) is 5.91 Å². The van der Waals surface area contributed by atoms with Gasteiger partial charge in [-0.05, 0) is 24.5 Å². The summed E-state index contributed by atoms with van der Waals surface area (Å²) in [4.78, 5) is 25.0. The molecule has 2 amide bonds. The van der Waals surface area contributed by atoms with Crippen LogP contribution in [0.1, 0.15) is 18.9 Å². The first-order valence-electron chi connectivity index (χ1n) is 7.07. The Morgan fingerprint density at radius 1 is 1.43 bits per heavy atom. The first kappa shape index (κ1) is 15.5. The van der Waals surface area contributed by atoms with Crippen molar-refractivity contribution in [3.63, 3.8) is 0 Å². The van der Waals surface area contributed by atoms with Crippen molar-refractivity contribution < 1.29 is 14.7 Å². The molecule has 0 radical (unpaired) electrons. The molecule has 2 rings (SSSR count). The Labute approximate surface area is 123 Å². The molecule has 0 aliphatic carbocycles. The van der Waals surface area contributed by atoms with Crippen molar-refractivity contribution in [2.75, 3.05) is 25.0 Å². The monoisotopic (exact) mass is 291 g/mol. The van der Waals surface area contributed by atoms with Crippen LogP contribution in [-0.4, -0.2) is 47.1 Å². The van der Waals surface area contributed by atoms with Crippen LogP contribution in [0.2, 0.25) is 0 Å². The van der Waals surface area contributed by atoms with E-state index in [0.29, 0.717) is 6.54 Å². The van der Waals surface area contributed by atoms with Gasteiger partial charge in [0.05, 0.1) is 6.54 Å². The first-order valence-corrected chi connectivity index (χ1v) is 7.07. The number of aryl methyl sites for hydroxylation is 1. The number of anilines is 1. The van der Waals surface area contributed by atoms with Gasteiger partial charge in [0, 0.05) is 18.8 Å². The zero-order valence-electron chi connectivity index (χ0n) is 12.1. The van der Waals surface area contributed by atoms with Gasteiger partial charge in [-0.15, -0.1) is 0 Å².